The molecular weight excluding hydrogens is 340 g/mol. The van der Waals surface area contributed by atoms with E-state index in [1.54, 1.807) is 13.0 Å². The summed E-state index contributed by atoms with van der Waals surface area (Å²) in [5, 5.41) is 40.3. The number of H-pyrrole nitrogens is 1. The number of hydrogen-bond donors (Lipinski definition) is 4. The summed E-state index contributed by atoms with van der Waals surface area (Å²) in [6.07, 6.45) is 0. The van der Waals surface area contributed by atoms with Gasteiger partial charge in [0.05, 0.1) is 5.56 Å². The molecule has 0 fully saturated rings. The van der Waals surface area contributed by atoms with Crippen LogP contribution in [0.4, 0.5) is 0 Å². The van der Waals surface area contributed by atoms with Crippen LogP contribution in [0.25, 0.3) is 22.7 Å². The summed E-state index contributed by atoms with van der Waals surface area (Å²) >= 11 is 0. The van der Waals surface area contributed by atoms with Gasteiger partial charge in [0, 0.05) is 12.6 Å². The van der Waals surface area contributed by atoms with E-state index in [4.69, 9.17) is 4.52 Å². The van der Waals surface area contributed by atoms with Crippen LogP contribution in [0.5, 0.6) is 11.5 Å². The highest BCUT2D eigenvalue weighted by molar-refractivity contribution is 6.01. The van der Waals surface area contributed by atoms with E-state index in [-0.39, 0.29) is 45.8 Å². The van der Waals surface area contributed by atoms with Crippen molar-refractivity contribution in [3.8, 4) is 34.2 Å². The molecule has 0 saturated heterocycles. The van der Waals surface area contributed by atoms with Crippen LogP contribution in [0.1, 0.15) is 42.7 Å². The summed E-state index contributed by atoms with van der Waals surface area (Å²) in [5.74, 6) is -0.441. The molecule has 0 aliphatic carbocycles. The average Bonchev–Trinajstić information content (AvgIpc) is 3.23. The topological polar surface area (TPSA) is 150 Å². The van der Waals surface area contributed by atoms with Gasteiger partial charge in [-0.25, -0.2) is 5.10 Å². The zero-order valence-electron chi connectivity index (χ0n) is 14.4. The zero-order valence-corrected chi connectivity index (χ0v) is 14.4. The summed E-state index contributed by atoms with van der Waals surface area (Å²) in [5.41, 5.74) is 1.08. The summed E-state index contributed by atoms with van der Waals surface area (Å²) < 4.78 is 5.36. The second kappa shape index (κ2) is 6.82. The molecule has 10 heteroatoms. The van der Waals surface area contributed by atoms with Crippen molar-refractivity contribution in [2.24, 2.45) is 0 Å². The van der Waals surface area contributed by atoms with E-state index in [1.165, 1.54) is 6.07 Å². The van der Waals surface area contributed by atoms with Crippen molar-refractivity contribution in [2.75, 3.05) is 6.54 Å². The highest BCUT2D eigenvalue weighted by Crippen LogP contribution is 2.42. The Bertz CT molecular complexity index is 933. The van der Waals surface area contributed by atoms with Crippen LogP contribution in [0, 0.1) is 0 Å². The molecule has 26 heavy (non-hydrogen) atoms. The lowest BCUT2D eigenvalue weighted by molar-refractivity contribution is 0.0947. The van der Waals surface area contributed by atoms with Crippen molar-refractivity contribution in [1.82, 2.24) is 31.1 Å². The fourth-order valence-corrected chi connectivity index (χ4v) is 2.60. The van der Waals surface area contributed by atoms with Crippen molar-refractivity contribution in [3.63, 3.8) is 0 Å². The van der Waals surface area contributed by atoms with Gasteiger partial charge in [0.15, 0.2) is 17.3 Å². The Labute approximate surface area is 148 Å². The molecule has 136 valence electrons. The van der Waals surface area contributed by atoms with Crippen LogP contribution < -0.4 is 5.32 Å². The standard InChI is InChI=1S/C16H18N6O4/c1-4-17-16(25)13-12(15-18-21-22-19-15)14(26-20-13)9-5-8(7(2)3)10(23)6-11(9)24/h5-7,23-24H,4H2,1-3H3,(H,17,25)(H,18,19,21,22). The quantitative estimate of drug-likeness (QED) is 0.539. The Balaban J connectivity index is 2.24. The normalized spacial score (nSPS) is 11.1. The zero-order chi connectivity index (χ0) is 18.8. The third kappa shape index (κ3) is 2.96. The Hall–Kier alpha value is -3.43. The predicted molar refractivity (Wildman–Crippen MR) is 90.5 cm³/mol. The second-order valence-corrected chi connectivity index (χ2v) is 5.93. The first-order valence-electron chi connectivity index (χ1n) is 8.02. The van der Waals surface area contributed by atoms with Crippen molar-refractivity contribution in [2.45, 2.75) is 26.7 Å². The molecule has 0 bridgehead atoms. The molecular formula is C16H18N6O4. The first-order chi connectivity index (χ1) is 12.4. The Kier molecular flexibility index (Phi) is 4.57. The maximum Gasteiger partial charge on any atom is 0.274 e. The van der Waals surface area contributed by atoms with Gasteiger partial charge in [-0.1, -0.05) is 19.0 Å². The molecule has 0 saturated carbocycles. The smallest absolute Gasteiger partial charge is 0.274 e. The lowest BCUT2D eigenvalue weighted by Crippen LogP contribution is -2.23. The number of hydrogen-bond acceptors (Lipinski definition) is 8. The minimum absolute atomic E-state index is 0.00414. The largest absolute Gasteiger partial charge is 0.508 e. The number of nitrogens with one attached hydrogen (secondary N) is 2. The van der Waals surface area contributed by atoms with E-state index in [0.29, 0.717) is 12.1 Å². The Morgan fingerprint density at radius 3 is 2.69 bits per heavy atom. The molecule has 0 spiro atoms. The molecule has 10 nitrogen and oxygen atoms in total. The first kappa shape index (κ1) is 17.4. The van der Waals surface area contributed by atoms with Gasteiger partial charge in [0.2, 0.25) is 0 Å². The molecule has 3 rings (SSSR count). The first-order valence-corrected chi connectivity index (χ1v) is 8.02. The molecule has 4 N–H and O–H groups in total. The molecule has 1 aromatic carbocycles. The van der Waals surface area contributed by atoms with Crippen molar-refractivity contribution < 1.29 is 19.5 Å². The Morgan fingerprint density at radius 2 is 2.08 bits per heavy atom. The number of carbonyl (C=O) groups is 1. The van der Waals surface area contributed by atoms with Gasteiger partial charge in [-0.2, -0.15) is 0 Å². The molecule has 1 amide bonds. The van der Waals surface area contributed by atoms with E-state index in [1.807, 2.05) is 13.8 Å². The van der Waals surface area contributed by atoms with E-state index < -0.39 is 5.91 Å². The number of rotatable bonds is 5. The van der Waals surface area contributed by atoms with E-state index >= 15 is 0 Å². The number of benzene rings is 1. The summed E-state index contributed by atoms with van der Waals surface area (Å²) in [4.78, 5) is 12.3. The van der Waals surface area contributed by atoms with E-state index in [9.17, 15) is 15.0 Å². The number of nitrogens with zero attached hydrogens (tertiary/aromatic N) is 4. The monoisotopic (exact) mass is 358 g/mol. The maximum atomic E-state index is 12.3. The lowest BCUT2D eigenvalue weighted by Gasteiger charge is -2.11. The molecule has 0 aliphatic rings. The summed E-state index contributed by atoms with van der Waals surface area (Å²) in [6, 6.07) is 2.81. The van der Waals surface area contributed by atoms with Gasteiger partial charge in [-0.3, -0.25) is 4.79 Å². The number of carbonyl (C=O) groups excluding carboxylic acids is 1. The third-order valence-corrected chi connectivity index (χ3v) is 3.84. The maximum absolute atomic E-state index is 12.3. The number of amides is 1. The average molecular weight is 358 g/mol. The molecule has 0 atom stereocenters. The van der Waals surface area contributed by atoms with Crippen molar-refractivity contribution in [3.05, 3.63) is 23.4 Å². The predicted octanol–water partition coefficient (Wildman–Crippen LogP) is 1.81. The van der Waals surface area contributed by atoms with Crippen molar-refractivity contribution >= 4 is 5.91 Å². The van der Waals surface area contributed by atoms with Crippen LogP contribution in [0.3, 0.4) is 0 Å². The number of aromatic amines is 1. The number of phenols is 2. The number of aromatic hydroxyl groups is 2. The Morgan fingerprint density at radius 1 is 1.31 bits per heavy atom. The van der Waals surface area contributed by atoms with Crippen LogP contribution in [-0.4, -0.2) is 48.4 Å². The third-order valence-electron chi connectivity index (χ3n) is 3.84. The van der Waals surface area contributed by atoms with Gasteiger partial charge in [0.1, 0.15) is 17.1 Å². The SMILES string of the molecule is CCNC(=O)c1noc(-c2cc(C(C)C)c(O)cc2O)c1-c1nnn[nH]1. The van der Waals surface area contributed by atoms with E-state index in [2.05, 4.69) is 31.1 Å². The number of tetrazole rings is 1. The molecule has 0 aliphatic heterocycles. The lowest BCUT2D eigenvalue weighted by atomic mass is 9.96. The van der Waals surface area contributed by atoms with Gasteiger partial charge in [-0.15, -0.1) is 5.10 Å². The highest BCUT2D eigenvalue weighted by Gasteiger charge is 2.28. The summed E-state index contributed by atoms with van der Waals surface area (Å²) in [6.45, 7) is 5.97. The van der Waals surface area contributed by atoms with Crippen LogP contribution in [0.2, 0.25) is 0 Å². The number of aromatic nitrogens is 5. The van der Waals surface area contributed by atoms with E-state index in [0.717, 1.165) is 0 Å². The fourth-order valence-electron chi connectivity index (χ4n) is 2.60. The molecule has 0 unspecified atom stereocenters. The second-order valence-electron chi connectivity index (χ2n) is 5.93. The van der Waals surface area contributed by atoms with Crippen LogP contribution >= 0.6 is 0 Å². The summed E-state index contributed by atoms with van der Waals surface area (Å²) in [7, 11) is 0. The number of phenolic OH excluding ortho intramolecular Hbond substituents is 2. The van der Waals surface area contributed by atoms with Gasteiger partial charge < -0.3 is 20.1 Å². The molecule has 2 heterocycles. The van der Waals surface area contributed by atoms with Crippen molar-refractivity contribution in [1.29, 1.82) is 0 Å². The molecule has 2 aromatic heterocycles. The van der Waals surface area contributed by atoms with Gasteiger partial charge in [0.25, 0.3) is 5.91 Å². The van der Waals surface area contributed by atoms with Gasteiger partial charge >= 0.3 is 0 Å². The molecule has 3 aromatic rings. The van der Waals surface area contributed by atoms with Crippen LogP contribution in [0.15, 0.2) is 16.7 Å². The molecule has 0 radical (unpaired) electrons. The van der Waals surface area contributed by atoms with Gasteiger partial charge in [-0.05, 0) is 34.9 Å². The minimum Gasteiger partial charge on any atom is -0.508 e. The minimum atomic E-state index is -0.462. The van der Waals surface area contributed by atoms with Crippen LogP contribution in [-0.2, 0) is 0 Å². The highest BCUT2D eigenvalue weighted by atomic mass is 16.5. The fraction of sp³-hybridized carbons (Fsp3) is 0.312.